The topological polar surface area (TPSA) is 59.6 Å². The minimum absolute atomic E-state index is 0.267. The van der Waals surface area contributed by atoms with Crippen molar-refractivity contribution in [1.29, 1.82) is 0 Å². The Kier molecular flexibility index (Phi) is 6.09. The van der Waals surface area contributed by atoms with E-state index in [1.165, 1.54) is 0 Å². The van der Waals surface area contributed by atoms with Gasteiger partial charge in [-0.1, -0.05) is 22.0 Å². The Labute approximate surface area is 137 Å². The summed E-state index contributed by atoms with van der Waals surface area (Å²) < 4.78 is 11.6. The molecule has 0 aliphatic heterocycles. The number of hydrogen-bond donors (Lipinski definition) is 2. The van der Waals surface area contributed by atoms with E-state index in [0.717, 1.165) is 15.9 Å². The maximum atomic E-state index is 11.7. The standard InChI is InChI=1S/C16H17BrN2O3/c1-21-14-3-2-4-15(11-14)22-10-9-18-16(20)19-13-7-5-12(17)6-8-13/h2-8,11H,9-10H2,1H3,(H2,18,19,20). The molecule has 2 aromatic carbocycles. The first kappa shape index (κ1) is 16.2. The summed E-state index contributed by atoms with van der Waals surface area (Å²) in [6.45, 7) is 0.778. The summed E-state index contributed by atoms with van der Waals surface area (Å²) in [5, 5.41) is 5.47. The predicted molar refractivity (Wildman–Crippen MR) is 89.7 cm³/mol. The Hall–Kier alpha value is -2.21. The van der Waals surface area contributed by atoms with Crippen molar-refractivity contribution < 1.29 is 14.3 Å². The van der Waals surface area contributed by atoms with Gasteiger partial charge >= 0.3 is 6.03 Å². The lowest BCUT2D eigenvalue weighted by Crippen LogP contribution is -2.32. The van der Waals surface area contributed by atoms with Gasteiger partial charge in [-0.15, -0.1) is 0 Å². The van der Waals surface area contributed by atoms with Gasteiger partial charge in [0.2, 0.25) is 0 Å². The Morgan fingerprint density at radius 3 is 2.59 bits per heavy atom. The van der Waals surface area contributed by atoms with Gasteiger partial charge in [-0.3, -0.25) is 0 Å². The molecule has 0 spiro atoms. The molecule has 0 aromatic heterocycles. The molecular weight excluding hydrogens is 348 g/mol. The second kappa shape index (κ2) is 8.29. The van der Waals surface area contributed by atoms with Crippen LogP contribution in [0.4, 0.5) is 10.5 Å². The number of urea groups is 1. The van der Waals surface area contributed by atoms with Crippen LogP contribution in [0.1, 0.15) is 0 Å². The molecule has 2 amide bonds. The normalized spacial score (nSPS) is 9.91. The minimum Gasteiger partial charge on any atom is -0.497 e. The van der Waals surface area contributed by atoms with Crippen LogP contribution < -0.4 is 20.1 Å². The lowest BCUT2D eigenvalue weighted by molar-refractivity contribution is 0.247. The Balaban J connectivity index is 1.69. The van der Waals surface area contributed by atoms with Crippen LogP contribution in [0, 0.1) is 0 Å². The van der Waals surface area contributed by atoms with Gasteiger partial charge in [0, 0.05) is 16.2 Å². The van der Waals surface area contributed by atoms with Gasteiger partial charge in [-0.05, 0) is 36.4 Å². The van der Waals surface area contributed by atoms with Gasteiger partial charge in [-0.2, -0.15) is 0 Å². The van der Waals surface area contributed by atoms with Gasteiger partial charge in [0.15, 0.2) is 0 Å². The summed E-state index contributed by atoms with van der Waals surface area (Å²) in [6, 6.07) is 14.4. The zero-order valence-electron chi connectivity index (χ0n) is 12.1. The van der Waals surface area contributed by atoms with Crippen molar-refractivity contribution in [2.75, 3.05) is 25.6 Å². The molecule has 0 atom stereocenters. The molecule has 0 radical (unpaired) electrons. The summed E-state index contributed by atoms with van der Waals surface area (Å²) in [4.78, 5) is 11.7. The van der Waals surface area contributed by atoms with Gasteiger partial charge in [0.05, 0.1) is 13.7 Å². The number of ether oxygens (including phenoxy) is 2. The molecule has 0 unspecified atom stereocenters. The highest BCUT2D eigenvalue weighted by Crippen LogP contribution is 2.18. The molecule has 6 heteroatoms. The van der Waals surface area contributed by atoms with Gasteiger partial charge in [-0.25, -0.2) is 4.79 Å². The number of nitrogens with one attached hydrogen (secondary N) is 2. The molecule has 0 saturated heterocycles. The molecule has 0 saturated carbocycles. The highest BCUT2D eigenvalue weighted by Gasteiger charge is 2.01. The van der Waals surface area contributed by atoms with Gasteiger partial charge in [0.1, 0.15) is 18.1 Å². The monoisotopic (exact) mass is 364 g/mol. The van der Waals surface area contributed by atoms with Crippen molar-refractivity contribution in [3.05, 3.63) is 53.0 Å². The summed E-state index contributed by atoms with van der Waals surface area (Å²) in [5.41, 5.74) is 0.731. The number of rotatable bonds is 6. The van der Waals surface area contributed by atoms with Crippen molar-refractivity contribution in [2.24, 2.45) is 0 Å². The van der Waals surface area contributed by atoms with Crippen LogP contribution in [0.3, 0.4) is 0 Å². The lowest BCUT2D eigenvalue weighted by atomic mass is 10.3. The third-order valence-electron chi connectivity index (χ3n) is 2.80. The van der Waals surface area contributed by atoms with E-state index in [4.69, 9.17) is 9.47 Å². The minimum atomic E-state index is -0.267. The first-order valence-corrected chi connectivity index (χ1v) is 7.54. The van der Waals surface area contributed by atoms with Gasteiger partial charge in [0.25, 0.3) is 0 Å². The first-order chi connectivity index (χ1) is 10.7. The molecule has 22 heavy (non-hydrogen) atoms. The number of methoxy groups -OCH3 is 1. The number of anilines is 1. The van der Waals surface area contributed by atoms with E-state index in [1.54, 1.807) is 13.2 Å². The molecule has 2 aromatic rings. The fourth-order valence-corrected chi connectivity index (χ4v) is 2.00. The van der Waals surface area contributed by atoms with E-state index < -0.39 is 0 Å². The molecule has 5 nitrogen and oxygen atoms in total. The number of benzene rings is 2. The fourth-order valence-electron chi connectivity index (χ4n) is 1.73. The van der Waals surface area contributed by atoms with Crippen molar-refractivity contribution >= 4 is 27.6 Å². The van der Waals surface area contributed by atoms with Crippen LogP contribution in [-0.2, 0) is 0 Å². The molecule has 0 heterocycles. The fraction of sp³-hybridized carbons (Fsp3) is 0.188. The molecule has 2 rings (SSSR count). The van der Waals surface area contributed by atoms with Crippen molar-refractivity contribution in [3.8, 4) is 11.5 Å². The molecule has 0 aliphatic rings. The maximum Gasteiger partial charge on any atom is 0.319 e. The van der Waals surface area contributed by atoms with E-state index in [0.29, 0.717) is 18.9 Å². The number of amides is 2. The summed E-state index contributed by atoms with van der Waals surface area (Å²) >= 11 is 3.34. The highest BCUT2D eigenvalue weighted by molar-refractivity contribution is 9.10. The van der Waals surface area contributed by atoms with Crippen LogP contribution in [0.5, 0.6) is 11.5 Å². The molecule has 0 fully saturated rings. The number of carbonyl (C=O) groups is 1. The van der Waals surface area contributed by atoms with Crippen LogP contribution in [-0.4, -0.2) is 26.3 Å². The third-order valence-corrected chi connectivity index (χ3v) is 3.33. The summed E-state index contributed by atoms with van der Waals surface area (Å²) in [7, 11) is 1.60. The molecular formula is C16H17BrN2O3. The zero-order chi connectivity index (χ0) is 15.8. The highest BCUT2D eigenvalue weighted by atomic mass is 79.9. The maximum absolute atomic E-state index is 11.7. The SMILES string of the molecule is COc1cccc(OCCNC(=O)Nc2ccc(Br)cc2)c1. The molecule has 2 N–H and O–H groups in total. The van der Waals surface area contributed by atoms with Crippen molar-refractivity contribution in [3.63, 3.8) is 0 Å². The van der Waals surface area contributed by atoms with Crippen LogP contribution >= 0.6 is 15.9 Å². The third kappa shape index (κ3) is 5.29. The largest absolute Gasteiger partial charge is 0.497 e. The first-order valence-electron chi connectivity index (χ1n) is 6.74. The van der Waals surface area contributed by atoms with Crippen LogP contribution in [0.15, 0.2) is 53.0 Å². The Morgan fingerprint density at radius 2 is 1.86 bits per heavy atom. The summed E-state index contributed by atoms with van der Waals surface area (Å²) in [6.07, 6.45) is 0. The number of hydrogen-bond acceptors (Lipinski definition) is 3. The van der Waals surface area contributed by atoms with E-state index in [9.17, 15) is 4.79 Å². The van der Waals surface area contributed by atoms with Crippen LogP contribution in [0.25, 0.3) is 0 Å². The van der Waals surface area contributed by atoms with Crippen LogP contribution in [0.2, 0.25) is 0 Å². The number of halogens is 1. The smallest absolute Gasteiger partial charge is 0.319 e. The zero-order valence-corrected chi connectivity index (χ0v) is 13.7. The van der Waals surface area contributed by atoms with E-state index >= 15 is 0 Å². The average molecular weight is 365 g/mol. The number of carbonyl (C=O) groups excluding carboxylic acids is 1. The molecule has 0 aliphatic carbocycles. The predicted octanol–water partition coefficient (Wildman–Crippen LogP) is 3.66. The molecule has 0 bridgehead atoms. The second-order valence-electron chi connectivity index (χ2n) is 4.42. The molecule has 116 valence electrons. The van der Waals surface area contributed by atoms with Crippen molar-refractivity contribution in [1.82, 2.24) is 5.32 Å². The second-order valence-corrected chi connectivity index (χ2v) is 5.33. The van der Waals surface area contributed by atoms with Gasteiger partial charge < -0.3 is 20.1 Å². The quantitative estimate of drug-likeness (QED) is 0.769. The summed E-state index contributed by atoms with van der Waals surface area (Å²) in [5.74, 6) is 1.44. The Morgan fingerprint density at radius 1 is 1.14 bits per heavy atom. The van der Waals surface area contributed by atoms with E-state index in [-0.39, 0.29) is 6.03 Å². The van der Waals surface area contributed by atoms with E-state index in [2.05, 4.69) is 26.6 Å². The van der Waals surface area contributed by atoms with Crippen molar-refractivity contribution in [2.45, 2.75) is 0 Å². The van der Waals surface area contributed by atoms with E-state index in [1.807, 2.05) is 42.5 Å². The average Bonchev–Trinajstić information content (AvgIpc) is 2.54. The Bertz CT molecular complexity index is 617. The lowest BCUT2D eigenvalue weighted by Gasteiger charge is -2.10.